The van der Waals surface area contributed by atoms with Crippen LogP contribution in [0.4, 0.5) is 0 Å². The number of carbonyl (C=O) groups is 3. The number of carbonyl (C=O) groups excluding carboxylic acids is 3. The second kappa shape index (κ2) is 11.3. The minimum Gasteiger partial charge on any atom is -0.454 e. The molecule has 0 aliphatic carbocycles. The predicted molar refractivity (Wildman–Crippen MR) is 105 cm³/mol. The number of ether oxygens (including phenoxy) is 1. The molecule has 2 amide bonds. The quantitative estimate of drug-likeness (QED) is 0.380. The smallest absolute Gasteiger partial charge is 0.325 e. The molecule has 0 saturated heterocycles. The lowest BCUT2D eigenvalue weighted by molar-refractivity contribution is -0.147. The lowest BCUT2D eigenvalue weighted by Crippen LogP contribution is -2.34. The van der Waals surface area contributed by atoms with Gasteiger partial charge in [-0.1, -0.05) is 29.8 Å². The van der Waals surface area contributed by atoms with Crippen LogP contribution in [0, 0.1) is 0 Å². The number of hydrogen-bond acceptors (Lipinski definition) is 5. The minimum absolute atomic E-state index is 0.321. The summed E-state index contributed by atoms with van der Waals surface area (Å²) >= 11 is 7.36. The average Bonchev–Trinajstić information content (AvgIpc) is 2.69. The van der Waals surface area contributed by atoms with Gasteiger partial charge in [-0.15, -0.1) is 11.8 Å². The van der Waals surface area contributed by atoms with Gasteiger partial charge >= 0.3 is 5.97 Å². The van der Waals surface area contributed by atoms with Gasteiger partial charge in [0.1, 0.15) is 6.54 Å². The molecule has 8 heteroatoms. The number of esters is 1. The summed E-state index contributed by atoms with van der Waals surface area (Å²) in [5.74, 6) is -0.793. The van der Waals surface area contributed by atoms with E-state index >= 15 is 0 Å². The molecular weight excluding hydrogens is 388 g/mol. The van der Waals surface area contributed by atoms with Crippen LogP contribution < -0.4 is 10.6 Å². The third-order valence-electron chi connectivity index (χ3n) is 3.30. The second-order valence-corrected chi connectivity index (χ2v) is 6.97. The molecule has 0 fully saturated rings. The molecule has 0 atom stereocenters. The normalized spacial score (nSPS) is 10.1. The van der Waals surface area contributed by atoms with Crippen LogP contribution in [-0.2, 0) is 14.3 Å². The molecule has 27 heavy (non-hydrogen) atoms. The van der Waals surface area contributed by atoms with Crippen LogP contribution in [-0.4, -0.2) is 43.2 Å². The van der Waals surface area contributed by atoms with Crippen molar-refractivity contribution in [3.8, 4) is 0 Å². The monoisotopic (exact) mass is 406 g/mol. The van der Waals surface area contributed by atoms with Crippen molar-refractivity contribution in [1.82, 2.24) is 10.6 Å². The molecule has 0 saturated carbocycles. The van der Waals surface area contributed by atoms with Gasteiger partial charge in [0.2, 0.25) is 0 Å². The molecule has 0 aliphatic heterocycles. The maximum absolute atomic E-state index is 11.8. The van der Waals surface area contributed by atoms with Crippen LogP contribution in [0.25, 0.3) is 0 Å². The standard InChI is InChI=1S/C19H19ClN2O4S/c20-15-8-6-14(7-9-15)19(25)22-12-18(24)26-13-17(23)21-10-11-27-16-4-2-1-3-5-16/h1-9H,10-13H2,(H,21,23)(H,22,25). The number of rotatable bonds is 9. The maximum atomic E-state index is 11.8. The van der Waals surface area contributed by atoms with Gasteiger partial charge in [-0.05, 0) is 36.4 Å². The van der Waals surface area contributed by atoms with Crippen LogP contribution in [0.5, 0.6) is 0 Å². The average molecular weight is 407 g/mol. The first kappa shape index (κ1) is 20.8. The number of hydrogen-bond donors (Lipinski definition) is 2. The van der Waals surface area contributed by atoms with Crippen LogP contribution in [0.2, 0.25) is 5.02 Å². The number of amides is 2. The van der Waals surface area contributed by atoms with Crippen molar-refractivity contribution in [1.29, 1.82) is 0 Å². The Morgan fingerprint density at radius 3 is 2.37 bits per heavy atom. The van der Waals surface area contributed by atoms with Crippen molar-refractivity contribution in [3.63, 3.8) is 0 Å². The van der Waals surface area contributed by atoms with E-state index in [1.165, 1.54) is 0 Å². The molecule has 2 rings (SSSR count). The van der Waals surface area contributed by atoms with Crippen molar-refractivity contribution in [2.24, 2.45) is 0 Å². The first-order valence-corrected chi connectivity index (χ1v) is 9.55. The highest BCUT2D eigenvalue weighted by Gasteiger charge is 2.10. The SMILES string of the molecule is O=C(COC(=O)CNC(=O)c1ccc(Cl)cc1)NCCSc1ccccc1. The van der Waals surface area contributed by atoms with E-state index in [1.54, 1.807) is 36.0 Å². The largest absolute Gasteiger partial charge is 0.454 e. The van der Waals surface area contributed by atoms with Crippen molar-refractivity contribution >= 4 is 41.1 Å². The Hall–Kier alpha value is -2.51. The molecule has 2 aromatic carbocycles. The molecule has 142 valence electrons. The zero-order valence-electron chi connectivity index (χ0n) is 14.4. The third-order valence-corrected chi connectivity index (χ3v) is 4.57. The van der Waals surface area contributed by atoms with E-state index in [1.807, 2.05) is 30.3 Å². The van der Waals surface area contributed by atoms with Gasteiger partial charge in [-0.3, -0.25) is 14.4 Å². The number of nitrogens with one attached hydrogen (secondary N) is 2. The maximum Gasteiger partial charge on any atom is 0.325 e. The zero-order valence-corrected chi connectivity index (χ0v) is 16.0. The highest BCUT2D eigenvalue weighted by molar-refractivity contribution is 7.99. The van der Waals surface area contributed by atoms with Gasteiger partial charge in [0.15, 0.2) is 6.61 Å². The molecule has 0 aromatic heterocycles. The van der Waals surface area contributed by atoms with Gasteiger partial charge in [0.25, 0.3) is 11.8 Å². The molecule has 2 N–H and O–H groups in total. The van der Waals surface area contributed by atoms with E-state index in [9.17, 15) is 14.4 Å². The fourth-order valence-electron chi connectivity index (χ4n) is 1.98. The Kier molecular flexibility index (Phi) is 8.67. The summed E-state index contributed by atoms with van der Waals surface area (Å²) in [6.45, 7) is -0.243. The molecule has 2 aromatic rings. The van der Waals surface area contributed by atoms with E-state index in [4.69, 9.17) is 16.3 Å². The Balaban J connectivity index is 1.57. The molecule has 0 heterocycles. The number of benzene rings is 2. The van der Waals surface area contributed by atoms with Crippen LogP contribution >= 0.6 is 23.4 Å². The summed E-state index contributed by atoms with van der Waals surface area (Å²) in [5, 5.41) is 5.60. The molecule has 0 unspecified atom stereocenters. The summed E-state index contributed by atoms with van der Waals surface area (Å²) in [4.78, 5) is 36.2. The molecule has 0 aliphatic rings. The Morgan fingerprint density at radius 2 is 1.67 bits per heavy atom. The molecule has 6 nitrogen and oxygen atoms in total. The lowest BCUT2D eigenvalue weighted by Gasteiger charge is -2.08. The Bertz CT molecular complexity index is 769. The van der Waals surface area contributed by atoms with E-state index in [0.717, 1.165) is 4.90 Å². The summed E-state index contributed by atoms with van der Waals surface area (Å²) < 4.78 is 4.83. The van der Waals surface area contributed by atoms with Crippen molar-refractivity contribution in [2.45, 2.75) is 4.90 Å². The van der Waals surface area contributed by atoms with Crippen LogP contribution in [0.15, 0.2) is 59.5 Å². The molecule has 0 radical (unpaired) electrons. The first-order valence-electron chi connectivity index (χ1n) is 8.18. The third kappa shape index (κ3) is 8.15. The lowest BCUT2D eigenvalue weighted by atomic mass is 10.2. The summed E-state index contributed by atoms with van der Waals surface area (Å²) in [5.41, 5.74) is 0.376. The topological polar surface area (TPSA) is 84.5 Å². The minimum atomic E-state index is -0.689. The fourth-order valence-corrected chi connectivity index (χ4v) is 2.90. The summed E-state index contributed by atoms with van der Waals surface area (Å²) in [6, 6.07) is 16.1. The van der Waals surface area contributed by atoms with Gasteiger partial charge < -0.3 is 15.4 Å². The molecule has 0 spiro atoms. The van der Waals surface area contributed by atoms with Crippen molar-refractivity contribution in [3.05, 3.63) is 65.2 Å². The predicted octanol–water partition coefficient (Wildman–Crippen LogP) is 2.52. The van der Waals surface area contributed by atoms with Gasteiger partial charge in [0, 0.05) is 27.8 Å². The number of thioether (sulfide) groups is 1. The van der Waals surface area contributed by atoms with Gasteiger partial charge in [-0.25, -0.2) is 0 Å². The van der Waals surface area contributed by atoms with Crippen molar-refractivity contribution in [2.75, 3.05) is 25.4 Å². The van der Waals surface area contributed by atoms with Gasteiger partial charge in [-0.2, -0.15) is 0 Å². The Labute approximate surface area is 166 Å². The molecular formula is C19H19ClN2O4S. The van der Waals surface area contributed by atoms with Crippen LogP contribution in [0.3, 0.4) is 0 Å². The zero-order chi connectivity index (χ0) is 19.5. The van der Waals surface area contributed by atoms with Crippen LogP contribution in [0.1, 0.15) is 10.4 Å². The highest BCUT2D eigenvalue weighted by Crippen LogP contribution is 2.15. The van der Waals surface area contributed by atoms with E-state index in [0.29, 0.717) is 22.9 Å². The van der Waals surface area contributed by atoms with E-state index in [2.05, 4.69) is 10.6 Å². The fraction of sp³-hybridized carbons (Fsp3) is 0.211. The highest BCUT2D eigenvalue weighted by atomic mass is 35.5. The van der Waals surface area contributed by atoms with E-state index < -0.39 is 11.9 Å². The number of halogens is 1. The van der Waals surface area contributed by atoms with Crippen molar-refractivity contribution < 1.29 is 19.1 Å². The first-order chi connectivity index (χ1) is 13.0. The second-order valence-electron chi connectivity index (χ2n) is 5.36. The molecule has 0 bridgehead atoms. The Morgan fingerprint density at radius 1 is 0.963 bits per heavy atom. The summed E-state index contributed by atoms with van der Waals surface area (Å²) in [7, 11) is 0. The summed E-state index contributed by atoms with van der Waals surface area (Å²) in [6.07, 6.45) is 0. The van der Waals surface area contributed by atoms with E-state index in [-0.39, 0.29) is 19.1 Å². The van der Waals surface area contributed by atoms with Gasteiger partial charge in [0.05, 0.1) is 0 Å².